The number of aliphatic carboxylic acids is 1. The summed E-state index contributed by atoms with van der Waals surface area (Å²) in [4.78, 5) is 10.9. The minimum Gasteiger partial charge on any atom is -0.481 e. The van der Waals surface area contributed by atoms with Crippen LogP contribution < -0.4 is 0 Å². The van der Waals surface area contributed by atoms with E-state index in [0.29, 0.717) is 6.61 Å². The number of rotatable bonds is 1. The maximum atomic E-state index is 10.9. The highest BCUT2D eigenvalue weighted by atomic mass is 79.9. The molecule has 1 fully saturated rings. The van der Waals surface area contributed by atoms with E-state index in [-0.39, 0.29) is 6.10 Å². The van der Waals surface area contributed by atoms with Gasteiger partial charge in [-0.15, -0.1) is 0 Å². The number of carboxylic acids is 1. The first-order valence-electron chi connectivity index (χ1n) is 4.10. The molecule has 2 unspecified atom stereocenters. The SMILES string of the molecule is O=C(O)C1C=C(Br)C=C2CCOC21. The van der Waals surface area contributed by atoms with Crippen molar-refractivity contribution in [3.8, 4) is 0 Å². The maximum absolute atomic E-state index is 10.9. The lowest BCUT2D eigenvalue weighted by Crippen LogP contribution is -2.29. The highest BCUT2D eigenvalue weighted by molar-refractivity contribution is 9.11. The van der Waals surface area contributed by atoms with E-state index in [1.807, 2.05) is 6.08 Å². The molecule has 70 valence electrons. The van der Waals surface area contributed by atoms with Crippen LogP contribution in [-0.4, -0.2) is 23.8 Å². The largest absolute Gasteiger partial charge is 0.481 e. The zero-order valence-electron chi connectivity index (χ0n) is 6.87. The fraction of sp³-hybridized carbons (Fsp3) is 0.444. The standard InChI is InChI=1S/C9H9BrO3/c10-6-3-5-1-2-13-8(5)7(4-6)9(11)12/h3-4,7-8H,1-2H2,(H,11,12). The molecule has 0 spiro atoms. The van der Waals surface area contributed by atoms with Gasteiger partial charge >= 0.3 is 5.97 Å². The second-order valence-electron chi connectivity index (χ2n) is 3.18. The molecule has 1 heterocycles. The summed E-state index contributed by atoms with van der Waals surface area (Å²) in [5.74, 6) is -1.36. The third-order valence-electron chi connectivity index (χ3n) is 2.33. The lowest BCUT2D eigenvalue weighted by atomic mass is 9.91. The van der Waals surface area contributed by atoms with Gasteiger partial charge in [-0.3, -0.25) is 4.79 Å². The predicted molar refractivity (Wildman–Crippen MR) is 50.6 cm³/mol. The number of allylic oxidation sites excluding steroid dienone is 2. The summed E-state index contributed by atoms with van der Waals surface area (Å²) < 4.78 is 6.21. The van der Waals surface area contributed by atoms with Gasteiger partial charge in [-0.1, -0.05) is 22.0 Å². The zero-order valence-corrected chi connectivity index (χ0v) is 8.45. The lowest BCUT2D eigenvalue weighted by molar-refractivity contribution is -0.143. The van der Waals surface area contributed by atoms with Crippen LogP contribution in [0.1, 0.15) is 6.42 Å². The quantitative estimate of drug-likeness (QED) is 0.764. The molecular formula is C9H9BrO3. The highest BCUT2D eigenvalue weighted by Crippen LogP contribution is 2.34. The number of hydrogen-bond donors (Lipinski definition) is 1. The van der Waals surface area contributed by atoms with Gasteiger partial charge in [-0.25, -0.2) is 0 Å². The molecule has 1 N–H and O–H groups in total. The Kier molecular flexibility index (Phi) is 2.26. The van der Waals surface area contributed by atoms with Crippen LogP contribution in [-0.2, 0) is 9.53 Å². The van der Waals surface area contributed by atoms with Crippen molar-refractivity contribution in [2.75, 3.05) is 6.61 Å². The second-order valence-corrected chi connectivity index (χ2v) is 4.09. The normalized spacial score (nSPS) is 32.1. The Labute approximate surface area is 84.2 Å². The molecule has 0 aromatic rings. The van der Waals surface area contributed by atoms with E-state index in [0.717, 1.165) is 16.5 Å². The van der Waals surface area contributed by atoms with Crippen molar-refractivity contribution in [3.63, 3.8) is 0 Å². The van der Waals surface area contributed by atoms with Crippen LogP contribution in [0.15, 0.2) is 22.2 Å². The van der Waals surface area contributed by atoms with E-state index >= 15 is 0 Å². The Morgan fingerprint density at radius 1 is 1.69 bits per heavy atom. The number of carboxylic acid groups (broad SMARTS) is 1. The molecule has 0 amide bonds. The summed E-state index contributed by atoms with van der Waals surface area (Å²) in [6, 6.07) is 0. The van der Waals surface area contributed by atoms with Gasteiger partial charge in [0.15, 0.2) is 0 Å². The van der Waals surface area contributed by atoms with Crippen molar-refractivity contribution >= 4 is 21.9 Å². The van der Waals surface area contributed by atoms with Gasteiger partial charge < -0.3 is 9.84 Å². The average molecular weight is 245 g/mol. The zero-order chi connectivity index (χ0) is 9.42. The van der Waals surface area contributed by atoms with Crippen LogP contribution in [0.3, 0.4) is 0 Å². The minimum absolute atomic E-state index is 0.237. The van der Waals surface area contributed by atoms with Crippen molar-refractivity contribution in [2.24, 2.45) is 5.92 Å². The summed E-state index contributed by atoms with van der Waals surface area (Å²) in [7, 11) is 0. The monoisotopic (exact) mass is 244 g/mol. The van der Waals surface area contributed by atoms with Gasteiger partial charge in [0.1, 0.15) is 5.92 Å². The van der Waals surface area contributed by atoms with Crippen molar-refractivity contribution in [1.29, 1.82) is 0 Å². The van der Waals surface area contributed by atoms with Gasteiger partial charge in [-0.2, -0.15) is 0 Å². The van der Waals surface area contributed by atoms with E-state index in [4.69, 9.17) is 9.84 Å². The van der Waals surface area contributed by atoms with Crippen LogP contribution >= 0.6 is 15.9 Å². The average Bonchev–Trinajstić information content (AvgIpc) is 2.49. The molecule has 1 aliphatic carbocycles. The van der Waals surface area contributed by atoms with E-state index < -0.39 is 11.9 Å². The molecule has 2 rings (SSSR count). The van der Waals surface area contributed by atoms with Crippen molar-refractivity contribution in [1.82, 2.24) is 0 Å². The van der Waals surface area contributed by atoms with Gasteiger partial charge in [0.25, 0.3) is 0 Å². The molecule has 13 heavy (non-hydrogen) atoms. The fourth-order valence-electron chi connectivity index (χ4n) is 1.73. The topological polar surface area (TPSA) is 46.5 Å². The lowest BCUT2D eigenvalue weighted by Gasteiger charge is -2.21. The van der Waals surface area contributed by atoms with Gasteiger partial charge in [0.2, 0.25) is 0 Å². The Morgan fingerprint density at radius 3 is 3.15 bits per heavy atom. The molecule has 0 aromatic heterocycles. The summed E-state index contributed by atoms with van der Waals surface area (Å²) in [6.07, 6.45) is 4.25. The number of fused-ring (bicyclic) bond motifs is 1. The molecule has 3 nitrogen and oxygen atoms in total. The summed E-state index contributed by atoms with van der Waals surface area (Å²) in [6.45, 7) is 0.633. The first kappa shape index (κ1) is 8.97. The van der Waals surface area contributed by atoms with Crippen molar-refractivity contribution in [2.45, 2.75) is 12.5 Å². The molecule has 2 atom stereocenters. The van der Waals surface area contributed by atoms with Crippen LogP contribution in [0.5, 0.6) is 0 Å². The molecule has 0 aromatic carbocycles. The van der Waals surface area contributed by atoms with Crippen LogP contribution in [0.2, 0.25) is 0 Å². The Balaban J connectivity index is 2.31. The van der Waals surface area contributed by atoms with E-state index in [1.54, 1.807) is 6.08 Å². The van der Waals surface area contributed by atoms with Gasteiger partial charge in [0, 0.05) is 4.48 Å². The molecule has 2 aliphatic rings. The first-order chi connectivity index (χ1) is 6.18. The van der Waals surface area contributed by atoms with Crippen LogP contribution in [0, 0.1) is 5.92 Å². The minimum atomic E-state index is -0.825. The summed E-state index contributed by atoms with van der Waals surface area (Å²) in [5, 5.41) is 8.93. The smallest absolute Gasteiger partial charge is 0.313 e. The predicted octanol–water partition coefficient (Wildman–Crippen LogP) is 1.69. The first-order valence-corrected chi connectivity index (χ1v) is 4.90. The Morgan fingerprint density at radius 2 is 2.46 bits per heavy atom. The molecular weight excluding hydrogens is 236 g/mol. The molecule has 0 radical (unpaired) electrons. The van der Waals surface area contributed by atoms with E-state index in [2.05, 4.69) is 15.9 Å². The number of carbonyl (C=O) groups is 1. The fourth-order valence-corrected chi connectivity index (χ4v) is 2.31. The van der Waals surface area contributed by atoms with Gasteiger partial charge in [0.05, 0.1) is 12.7 Å². The number of halogens is 1. The molecule has 1 saturated heterocycles. The van der Waals surface area contributed by atoms with Crippen LogP contribution in [0.4, 0.5) is 0 Å². The summed E-state index contributed by atoms with van der Waals surface area (Å²) >= 11 is 3.30. The molecule has 1 aliphatic heterocycles. The second kappa shape index (κ2) is 3.27. The third-order valence-corrected chi connectivity index (χ3v) is 2.82. The maximum Gasteiger partial charge on any atom is 0.313 e. The van der Waals surface area contributed by atoms with E-state index in [1.165, 1.54) is 0 Å². The van der Waals surface area contributed by atoms with E-state index in [9.17, 15) is 4.79 Å². The number of hydrogen-bond acceptors (Lipinski definition) is 2. The Hall–Kier alpha value is -0.610. The number of ether oxygens (including phenoxy) is 1. The van der Waals surface area contributed by atoms with Crippen molar-refractivity contribution < 1.29 is 14.6 Å². The molecule has 4 heteroatoms. The molecule has 0 bridgehead atoms. The Bertz CT molecular complexity index is 306. The third kappa shape index (κ3) is 1.56. The van der Waals surface area contributed by atoms with Gasteiger partial charge in [-0.05, 0) is 18.1 Å². The van der Waals surface area contributed by atoms with Crippen molar-refractivity contribution in [3.05, 3.63) is 22.2 Å². The summed E-state index contributed by atoms with van der Waals surface area (Å²) in [5.41, 5.74) is 1.08. The molecule has 0 saturated carbocycles. The highest BCUT2D eigenvalue weighted by Gasteiger charge is 2.35. The van der Waals surface area contributed by atoms with Crippen LogP contribution in [0.25, 0.3) is 0 Å².